The van der Waals surface area contributed by atoms with Gasteiger partial charge in [-0.3, -0.25) is 4.68 Å². The van der Waals surface area contributed by atoms with Gasteiger partial charge in [0.25, 0.3) is 0 Å². The lowest BCUT2D eigenvalue weighted by atomic mass is 9.78. The fourth-order valence-corrected chi connectivity index (χ4v) is 3.17. The van der Waals surface area contributed by atoms with Crippen molar-refractivity contribution >= 4 is 0 Å². The maximum absolute atomic E-state index is 4.31. The first kappa shape index (κ1) is 13.6. The van der Waals surface area contributed by atoms with Crippen molar-refractivity contribution in [3.8, 4) is 0 Å². The van der Waals surface area contributed by atoms with Crippen LogP contribution in [0.1, 0.15) is 50.8 Å². The van der Waals surface area contributed by atoms with Crippen molar-refractivity contribution in [3.05, 3.63) is 17.5 Å². The van der Waals surface area contributed by atoms with E-state index in [0.29, 0.717) is 6.04 Å². The van der Waals surface area contributed by atoms with Crippen LogP contribution < -0.4 is 5.32 Å². The van der Waals surface area contributed by atoms with E-state index in [9.17, 15) is 0 Å². The van der Waals surface area contributed by atoms with Crippen LogP contribution in [-0.4, -0.2) is 15.8 Å². The maximum Gasteiger partial charge on any atom is 0.0537 e. The number of nitrogens with one attached hydrogen (secondary N) is 1. The molecule has 0 radical (unpaired) electrons. The molecule has 2 unspecified atom stereocenters. The maximum atomic E-state index is 4.31. The van der Waals surface area contributed by atoms with Gasteiger partial charge in [0.1, 0.15) is 0 Å². The van der Waals surface area contributed by atoms with Gasteiger partial charge in [-0.05, 0) is 31.6 Å². The topological polar surface area (TPSA) is 29.9 Å². The van der Waals surface area contributed by atoms with Crippen LogP contribution in [0, 0.1) is 18.8 Å². The molecule has 3 heteroatoms. The van der Waals surface area contributed by atoms with Gasteiger partial charge in [-0.1, -0.05) is 26.7 Å². The average Bonchev–Trinajstić information content (AvgIpc) is 2.68. The van der Waals surface area contributed by atoms with E-state index in [-0.39, 0.29) is 0 Å². The molecule has 1 fully saturated rings. The number of aromatic nitrogens is 2. The van der Waals surface area contributed by atoms with E-state index in [1.165, 1.54) is 36.9 Å². The molecule has 1 aromatic heterocycles. The first-order chi connectivity index (χ1) is 8.59. The molecule has 2 atom stereocenters. The third-order valence-electron chi connectivity index (χ3n) is 4.57. The summed E-state index contributed by atoms with van der Waals surface area (Å²) in [6.45, 7) is 7.83. The standard InChI is InChI=1S/C15H27N3/c1-11(2)14-7-5-6-8-15(14)16-9-13-10-17-18(4)12(13)3/h10-11,14-16H,5-9H2,1-4H3. The third kappa shape index (κ3) is 2.94. The van der Waals surface area contributed by atoms with Crippen LogP contribution in [0.3, 0.4) is 0 Å². The summed E-state index contributed by atoms with van der Waals surface area (Å²) in [7, 11) is 2.01. The predicted octanol–water partition coefficient (Wildman–Crippen LogP) is 3.03. The first-order valence-corrected chi connectivity index (χ1v) is 7.30. The lowest BCUT2D eigenvalue weighted by Gasteiger charge is -2.35. The normalized spacial score (nSPS) is 24.7. The Hall–Kier alpha value is -0.830. The molecule has 0 spiro atoms. The van der Waals surface area contributed by atoms with E-state index in [0.717, 1.165) is 18.4 Å². The number of hydrogen-bond donors (Lipinski definition) is 1. The van der Waals surface area contributed by atoms with Crippen molar-refractivity contribution < 1.29 is 0 Å². The zero-order valence-corrected chi connectivity index (χ0v) is 12.2. The fraction of sp³-hybridized carbons (Fsp3) is 0.800. The summed E-state index contributed by atoms with van der Waals surface area (Å²) in [4.78, 5) is 0. The van der Waals surface area contributed by atoms with Gasteiger partial charge in [0.15, 0.2) is 0 Å². The molecule has 0 bridgehead atoms. The SMILES string of the molecule is Cc1c(CNC2CCCCC2C(C)C)cnn1C. The average molecular weight is 249 g/mol. The lowest BCUT2D eigenvalue weighted by Crippen LogP contribution is -2.40. The number of hydrogen-bond acceptors (Lipinski definition) is 2. The van der Waals surface area contributed by atoms with Crippen molar-refractivity contribution in [1.82, 2.24) is 15.1 Å². The minimum Gasteiger partial charge on any atom is -0.310 e. The summed E-state index contributed by atoms with van der Waals surface area (Å²) in [6.07, 6.45) is 7.51. The van der Waals surface area contributed by atoms with Crippen LogP contribution in [0.5, 0.6) is 0 Å². The monoisotopic (exact) mass is 249 g/mol. The Balaban J connectivity index is 1.94. The van der Waals surface area contributed by atoms with Crippen molar-refractivity contribution in [2.24, 2.45) is 18.9 Å². The minimum atomic E-state index is 0.693. The van der Waals surface area contributed by atoms with Crippen LogP contribution in [0.25, 0.3) is 0 Å². The van der Waals surface area contributed by atoms with Gasteiger partial charge in [0, 0.05) is 30.9 Å². The molecule has 18 heavy (non-hydrogen) atoms. The Kier molecular flexibility index (Phi) is 4.44. The highest BCUT2D eigenvalue weighted by Crippen LogP contribution is 2.30. The Morgan fingerprint density at radius 3 is 2.72 bits per heavy atom. The van der Waals surface area contributed by atoms with Crippen LogP contribution >= 0.6 is 0 Å². The zero-order chi connectivity index (χ0) is 13.1. The van der Waals surface area contributed by atoms with Crippen molar-refractivity contribution in [3.63, 3.8) is 0 Å². The van der Waals surface area contributed by atoms with Gasteiger partial charge in [-0.15, -0.1) is 0 Å². The summed E-state index contributed by atoms with van der Waals surface area (Å²) < 4.78 is 1.96. The van der Waals surface area contributed by atoms with Gasteiger partial charge in [0.2, 0.25) is 0 Å². The summed E-state index contributed by atoms with van der Waals surface area (Å²) in [5, 5.41) is 8.08. The lowest BCUT2D eigenvalue weighted by molar-refractivity contribution is 0.204. The summed E-state index contributed by atoms with van der Waals surface area (Å²) >= 11 is 0. The summed E-state index contributed by atoms with van der Waals surface area (Å²) in [5.74, 6) is 1.63. The number of aryl methyl sites for hydroxylation is 1. The zero-order valence-electron chi connectivity index (χ0n) is 12.2. The molecule has 1 aliphatic rings. The highest BCUT2D eigenvalue weighted by Gasteiger charge is 2.27. The Bertz CT molecular complexity index is 381. The molecular weight excluding hydrogens is 222 g/mol. The smallest absolute Gasteiger partial charge is 0.0537 e. The Labute approximate surface area is 111 Å². The summed E-state index contributed by atoms with van der Waals surface area (Å²) in [5.41, 5.74) is 2.62. The van der Waals surface area contributed by atoms with Crippen LogP contribution in [0.15, 0.2) is 6.20 Å². The molecule has 2 rings (SSSR count). The van der Waals surface area contributed by atoms with Gasteiger partial charge < -0.3 is 5.32 Å². The Morgan fingerprint density at radius 2 is 2.11 bits per heavy atom. The number of rotatable bonds is 4. The highest BCUT2D eigenvalue weighted by molar-refractivity contribution is 5.15. The van der Waals surface area contributed by atoms with Gasteiger partial charge >= 0.3 is 0 Å². The van der Waals surface area contributed by atoms with E-state index in [2.05, 4.69) is 31.2 Å². The molecule has 1 N–H and O–H groups in total. The van der Waals surface area contributed by atoms with E-state index in [1.54, 1.807) is 0 Å². The van der Waals surface area contributed by atoms with Crippen molar-refractivity contribution in [2.75, 3.05) is 0 Å². The molecule has 102 valence electrons. The van der Waals surface area contributed by atoms with Gasteiger partial charge in [-0.2, -0.15) is 5.10 Å². The predicted molar refractivity (Wildman–Crippen MR) is 75.4 cm³/mol. The van der Waals surface area contributed by atoms with Gasteiger partial charge in [0.05, 0.1) is 6.20 Å². The molecule has 3 nitrogen and oxygen atoms in total. The van der Waals surface area contributed by atoms with Gasteiger partial charge in [-0.25, -0.2) is 0 Å². The molecule has 0 saturated heterocycles. The highest BCUT2D eigenvalue weighted by atomic mass is 15.3. The third-order valence-corrected chi connectivity index (χ3v) is 4.57. The van der Waals surface area contributed by atoms with Crippen LogP contribution in [0.2, 0.25) is 0 Å². The molecule has 0 aliphatic heterocycles. The second-order valence-electron chi connectivity index (χ2n) is 6.06. The fourth-order valence-electron chi connectivity index (χ4n) is 3.17. The van der Waals surface area contributed by atoms with Crippen LogP contribution in [-0.2, 0) is 13.6 Å². The molecule has 1 saturated carbocycles. The van der Waals surface area contributed by atoms with E-state index in [4.69, 9.17) is 0 Å². The van der Waals surface area contributed by atoms with E-state index < -0.39 is 0 Å². The molecule has 1 heterocycles. The number of nitrogens with zero attached hydrogens (tertiary/aromatic N) is 2. The van der Waals surface area contributed by atoms with Crippen molar-refractivity contribution in [1.29, 1.82) is 0 Å². The molecular formula is C15H27N3. The second-order valence-corrected chi connectivity index (χ2v) is 6.06. The largest absolute Gasteiger partial charge is 0.310 e. The molecule has 1 aromatic rings. The van der Waals surface area contributed by atoms with E-state index in [1.807, 2.05) is 17.9 Å². The van der Waals surface area contributed by atoms with E-state index >= 15 is 0 Å². The van der Waals surface area contributed by atoms with Crippen LogP contribution in [0.4, 0.5) is 0 Å². The molecule has 0 aromatic carbocycles. The first-order valence-electron chi connectivity index (χ1n) is 7.30. The molecule has 0 amide bonds. The Morgan fingerprint density at radius 1 is 1.39 bits per heavy atom. The van der Waals surface area contributed by atoms with Crippen molar-refractivity contribution in [2.45, 2.75) is 59.0 Å². The molecule has 1 aliphatic carbocycles. The summed E-state index contributed by atoms with van der Waals surface area (Å²) in [6, 6.07) is 0.693. The minimum absolute atomic E-state index is 0.693. The second kappa shape index (κ2) is 5.87. The quantitative estimate of drug-likeness (QED) is 0.889.